The highest BCUT2D eigenvalue weighted by molar-refractivity contribution is 5.87. The van der Waals surface area contributed by atoms with Gasteiger partial charge in [-0.15, -0.1) is 0 Å². The molecule has 0 aliphatic carbocycles. The van der Waals surface area contributed by atoms with Crippen LogP contribution in [-0.2, 0) is 9.59 Å². The molecule has 2 N–H and O–H groups in total. The first-order valence-corrected chi connectivity index (χ1v) is 5.53. The van der Waals surface area contributed by atoms with E-state index in [1.54, 1.807) is 4.90 Å². The molecule has 2 aliphatic rings. The summed E-state index contributed by atoms with van der Waals surface area (Å²) >= 11 is 0. The lowest BCUT2D eigenvalue weighted by atomic mass is 9.98. The molecule has 0 bridgehead atoms. The van der Waals surface area contributed by atoms with Crippen molar-refractivity contribution in [3.05, 3.63) is 0 Å². The van der Waals surface area contributed by atoms with E-state index in [9.17, 15) is 9.59 Å². The summed E-state index contributed by atoms with van der Waals surface area (Å²) in [7, 11) is 0. The van der Waals surface area contributed by atoms with Crippen LogP contribution in [0.2, 0.25) is 0 Å². The molecule has 2 saturated heterocycles. The SMILES string of the molecule is O=C1CN(C(=O)[C@@H]2CCCNC2)CCN1. The summed E-state index contributed by atoms with van der Waals surface area (Å²) in [4.78, 5) is 24.8. The van der Waals surface area contributed by atoms with E-state index < -0.39 is 0 Å². The molecule has 84 valence electrons. The summed E-state index contributed by atoms with van der Waals surface area (Å²) < 4.78 is 0. The molecule has 2 heterocycles. The third-order valence-electron chi connectivity index (χ3n) is 3.00. The fraction of sp³-hybridized carbons (Fsp3) is 0.800. The van der Waals surface area contributed by atoms with Crippen molar-refractivity contribution in [2.75, 3.05) is 32.7 Å². The van der Waals surface area contributed by atoms with Gasteiger partial charge in [-0.2, -0.15) is 0 Å². The molecule has 2 aliphatic heterocycles. The number of piperazine rings is 1. The number of hydrogen-bond donors (Lipinski definition) is 2. The van der Waals surface area contributed by atoms with E-state index in [0.29, 0.717) is 13.1 Å². The van der Waals surface area contributed by atoms with E-state index in [2.05, 4.69) is 10.6 Å². The lowest BCUT2D eigenvalue weighted by molar-refractivity contribution is -0.141. The van der Waals surface area contributed by atoms with Crippen molar-refractivity contribution in [1.29, 1.82) is 0 Å². The van der Waals surface area contributed by atoms with Crippen LogP contribution in [-0.4, -0.2) is 49.4 Å². The van der Waals surface area contributed by atoms with Crippen molar-refractivity contribution < 1.29 is 9.59 Å². The van der Waals surface area contributed by atoms with Crippen LogP contribution in [0.3, 0.4) is 0 Å². The van der Waals surface area contributed by atoms with Gasteiger partial charge < -0.3 is 15.5 Å². The predicted octanol–water partition coefficient (Wildman–Crippen LogP) is -1.06. The van der Waals surface area contributed by atoms with Gasteiger partial charge in [-0.1, -0.05) is 0 Å². The molecule has 2 fully saturated rings. The van der Waals surface area contributed by atoms with Crippen LogP contribution in [0.15, 0.2) is 0 Å². The first-order valence-electron chi connectivity index (χ1n) is 5.53. The Hall–Kier alpha value is -1.10. The van der Waals surface area contributed by atoms with E-state index in [4.69, 9.17) is 0 Å². The van der Waals surface area contributed by atoms with Gasteiger partial charge in [0.2, 0.25) is 11.8 Å². The van der Waals surface area contributed by atoms with Gasteiger partial charge in [0.1, 0.15) is 0 Å². The molecular formula is C10H17N3O2. The van der Waals surface area contributed by atoms with Crippen LogP contribution in [0.25, 0.3) is 0 Å². The van der Waals surface area contributed by atoms with E-state index >= 15 is 0 Å². The van der Waals surface area contributed by atoms with Crippen LogP contribution in [0.5, 0.6) is 0 Å². The zero-order valence-corrected chi connectivity index (χ0v) is 8.79. The van der Waals surface area contributed by atoms with E-state index in [-0.39, 0.29) is 24.3 Å². The number of carbonyl (C=O) groups is 2. The van der Waals surface area contributed by atoms with Gasteiger partial charge in [-0.05, 0) is 19.4 Å². The van der Waals surface area contributed by atoms with Crippen LogP contribution in [0.4, 0.5) is 0 Å². The summed E-state index contributed by atoms with van der Waals surface area (Å²) in [5, 5.41) is 5.94. The minimum absolute atomic E-state index is 0.0432. The molecule has 0 saturated carbocycles. The maximum Gasteiger partial charge on any atom is 0.239 e. The molecule has 5 heteroatoms. The Morgan fingerprint density at radius 2 is 2.27 bits per heavy atom. The molecule has 15 heavy (non-hydrogen) atoms. The zero-order valence-electron chi connectivity index (χ0n) is 8.79. The van der Waals surface area contributed by atoms with Crippen molar-refractivity contribution in [3.8, 4) is 0 Å². The number of carbonyl (C=O) groups excluding carboxylic acids is 2. The quantitative estimate of drug-likeness (QED) is 0.581. The highest BCUT2D eigenvalue weighted by Gasteiger charge is 2.28. The van der Waals surface area contributed by atoms with Gasteiger partial charge in [-0.3, -0.25) is 9.59 Å². The van der Waals surface area contributed by atoms with Gasteiger partial charge in [-0.25, -0.2) is 0 Å². The fourth-order valence-corrected chi connectivity index (χ4v) is 2.15. The Morgan fingerprint density at radius 1 is 1.40 bits per heavy atom. The molecule has 0 aromatic rings. The topological polar surface area (TPSA) is 61.4 Å². The Bertz CT molecular complexity index is 261. The van der Waals surface area contributed by atoms with Crippen molar-refractivity contribution in [3.63, 3.8) is 0 Å². The Morgan fingerprint density at radius 3 is 2.93 bits per heavy atom. The zero-order chi connectivity index (χ0) is 10.7. The first-order chi connectivity index (χ1) is 7.27. The van der Waals surface area contributed by atoms with Gasteiger partial charge >= 0.3 is 0 Å². The number of amides is 2. The molecule has 0 aromatic carbocycles. The van der Waals surface area contributed by atoms with Crippen molar-refractivity contribution in [1.82, 2.24) is 15.5 Å². The second kappa shape index (κ2) is 4.61. The van der Waals surface area contributed by atoms with Crippen LogP contribution in [0.1, 0.15) is 12.8 Å². The first kappa shape index (κ1) is 10.4. The van der Waals surface area contributed by atoms with Gasteiger partial charge in [0.05, 0.1) is 12.5 Å². The maximum absolute atomic E-state index is 12.0. The van der Waals surface area contributed by atoms with E-state index in [1.165, 1.54) is 0 Å². The normalized spacial score (nSPS) is 27.3. The number of nitrogens with zero attached hydrogens (tertiary/aromatic N) is 1. The van der Waals surface area contributed by atoms with Crippen molar-refractivity contribution >= 4 is 11.8 Å². The van der Waals surface area contributed by atoms with Gasteiger partial charge in [0.15, 0.2) is 0 Å². The Balaban J connectivity index is 1.90. The average molecular weight is 211 g/mol. The molecule has 0 spiro atoms. The highest BCUT2D eigenvalue weighted by atomic mass is 16.2. The van der Waals surface area contributed by atoms with E-state index in [1.807, 2.05) is 0 Å². The third-order valence-corrected chi connectivity index (χ3v) is 3.00. The number of nitrogens with one attached hydrogen (secondary N) is 2. The third kappa shape index (κ3) is 2.47. The molecule has 1 atom stereocenters. The lowest BCUT2D eigenvalue weighted by Gasteiger charge is -2.31. The monoisotopic (exact) mass is 211 g/mol. The Labute approximate surface area is 89.2 Å². The molecule has 0 unspecified atom stereocenters. The van der Waals surface area contributed by atoms with Crippen molar-refractivity contribution in [2.24, 2.45) is 5.92 Å². The predicted molar refractivity (Wildman–Crippen MR) is 55.2 cm³/mol. The van der Waals surface area contributed by atoms with Gasteiger partial charge in [0.25, 0.3) is 0 Å². The number of hydrogen-bond acceptors (Lipinski definition) is 3. The smallest absolute Gasteiger partial charge is 0.239 e. The number of rotatable bonds is 1. The molecular weight excluding hydrogens is 194 g/mol. The van der Waals surface area contributed by atoms with Crippen LogP contribution < -0.4 is 10.6 Å². The molecule has 0 radical (unpaired) electrons. The van der Waals surface area contributed by atoms with Crippen LogP contribution >= 0.6 is 0 Å². The Kier molecular flexibility index (Phi) is 3.20. The summed E-state index contributed by atoms with van der Waals surface area (Å²) in [5.74, 6) is 0.167. The second-order valence-electron chi connectivity index (χ2n) is 4.15. The van der Waals surface area contributed by atoms with Gasteiger partial charge in [0, 0.05) is 19.6 Å². The van der Waals surface area contributed by atoms with Crippen molar-refractivity contribution in [2.45, 2.75) is 12.8 Å². The molecule has 5 nitrogen and oxygen atoms in total. The summed E-state index contributed by atoms with van der Waals surface area (Å²) in [6.07, 6.45) is 2.00. The second-order valence-corrected chi connectivity index (χ2v) is 4.15. The average Bonchev–Trinajstić information content (AvgIpc) is 2.29. The summed E-state index contributed by atoms with van der Waals surface area (Å²) in [5.41, 5.74) is 0. The number of piperidine rings is 1. The molecule has 2 rings (SSSR count). The van der Waals surface area contributed by atoms with E-state index in [0.717, 1.165) is 25.9 Å². The lowest BCUT2D eigenvalue weighted by Crippen LogP contribution is -2.53. The molecule has 0 aromatic heterocycles. The van der Waals surface area contributed by atoms with Crippen LogP contribution in [0, 0.1) is 5.92 Å². The summed E-state index contributed by atoms with van der Waals surface area (Å²) in [6, 6.07) is 0. The maximum atomic E-state index is 12.0. The largest absolute Gasteiger partial charge is 0.353 e. The standard InChI is InChI=1S/C10H17N3O2/c14-9-7-13(5-4-12-9)10(15)8-2-1-3-11-6-8/h8,11H,1-7H2,(H,12,14)/t8-/m1/s1. The molecule has 2 amide bonds. The minimum Gasteiger partial charge on any atom is -0.353 e. The fourth-order valence-electron chi connectivity index (χ4n) is 2.15. The summed E-state index contributed by atoms with van der Waals surface area (Å²) in [6.45, 7) is 3.24. The minimum atomic E-state index is -0.0432. The highest BCUT2D eigenvalue weighted by Crippen LogP contribution is 2.13.